The van der Waals surface area contributed by atoms with Crippen LogP contribution in [0, 0.1) is 6.92 Å². The fourth-order valence-corrected chi connectivity index (χ4v) is 2.34. The maximum absolute atomic E-state index is 12.4. The fraction of sp³-hybridized carbons (Fsp3) is 0.167. The Morgan fingerprint density at radius 2 is 2.20 bits per heavy atom. The van der Waals surface area contributed by atoms with Gasteiger partial charge in [-0.15, -0.1) is 11.3 Å². The first-order valence-corrected chi connectivity index (χ1v) is 6.69. The third-order valence-electron chi connectivity index (χ3n) is 2.42. The summed E-state index contributed by atoms with van der Waals surface area (Å²) in [6.07, 6.45) is -2.19. The summed E-state index contributed by atoms with van der Waals surface area (Å²) in [6.45, 7) is 1.93. The van der Waals surface area contributed by atoms with Gasteiger partial charge < -0.3 is 0 Å². The highest BCUT2D eigenvalue weighted by molar-refractivity contribution is 7.11. The number of rotatable bonds is 3. The van der Waals surface area contributed by atoms with Crippen molar-refractivity contribution in [1.29, 1.82) is 0 Å². The molecule has 0 spiro atoms. The van der Waals surface area contributed by atoms with E-state index in [9.17, 15) is 13.2 Å². The van der Waals surface area contributed by atoms with E-state index in [1.165, 1.54) is 11.3 Å². The molecule has 1 N–H and O–H groups in total. The van der Waals surface area contributed by atoms with E-state index < -0.39 is 11.7 Å². The van der Waals surface area contributed by atoms with Crippen molar-refractivity contribution >= 4 is 35.0 Å². The third-order valence-corrected chi connectivity index (χ3v) is 3.66. The molecular formula is C12H9ClF3N3S. The van der Waals surface area contributed by atoms with Gasteiger partial charge in [-0.3, -0.25) is 5.43 Å². The Bertz CT molecular complexity index is 637. The summed E-state index contributed by atoms with van der Waals surface area (Å²) in [5.74, 6) is 0.0742. The number of halogens is 4. The summed E-state index contributed by atoms with van der Waals surface area (Å²) in [7, 11) is 0. The molecule has 20 heavy (non-hydrogen) atoms. The molecule has 3 nitrogen and oxygen atoms in total. The van der Waals surface area contributed by atoms with Gasteiger partial charge in [0.2, 0.25) is 0 Å². The predicted molar refractivity (Wildman–Crippen MR) is 74.5 cm³/mol. The Kier molecular flexibility index (Phi) is 4.29. The lowest BCUT2D eigenvalue weighted by Gasteiger charge is -2.08. The zero-order chi connectivity index (χ0) is 14.8. The number of hydrogen-bond donors (Lipinski definition) is 1. The van der Waals surface area contributed by atoms with Gasteiger partial charge >= 0.3 is 6.18 Å². The van der Waals surface area contributed by atoms with Gasteiger partial charge in [0.15, 0.2) is 5.82 Å². The standard InChI is InChI=1S/C12H9ClF3N3S/c1-7-2-3-20-10(7)6-18-19-11-9(13)4-8(5-17-11)12(14,15)16/h2-6H,1H3,(H,17,19)/b18-6-. The summed E-state index contributed by atoms with van der Waals surface area (Å²) < 4.78 is 37.3. The predicted octanol–water partition coefficient (Wildman–Crippen LogP) is 4.57. The first kappa shape index (κ1) is 14.8. The van der Waals surface area contributed by atoms with Crippen LogP contribution in [0.25, 0.3) is 0 Å². The van der Waals surface area contributed by atoms with Gasteiger partial charge in [-0.2, -0.15) is 18.3 Å². The lowest BCUT2D eigenvalue weighted by Crippen LogP contribution is -2.06. The molecule has 0 unspecified atom stereocenters. The van der Waals surface area contributed by atoms with Crippen molar-refractivity contribution in [2.45, 2.75) is 13.1 Å². The summed E-state index contributed by atoms with van der Waals surface area (Å²) in [5.41, 5.74) is 2.69. The van der Waals surface area contributed by atoms with Gasteiger partial charge in [-0.05, 0) is 30.0 Å². The minimum Gasteiger partial charge on any atom is -0.260 e. The van der Waals surface area contributed by atoms with Crippen LogP contribution in [0.15, 0.2) is 28.8 Å². The van der Waals surface area contributed by atoms with Gasteiger partial charge in [-0.1, -0.05) is 11.6 Å². The Morgan fingerprint density at radius 3 is 2.75 bits per heavy atom. The highest BCUT2D eigenvalue weighted by Gasteiger charge is 2.31. The molecule has 0 aromatic carbocycles. The van der Waals surface area contributed by atoms with E-state index in [4.69, 9.17) is 11.6 Å². The first-order valence-electron chi connectivity index (χ1n) is 5.44. The Balaban J connectivity index is 2.11. The minimum absolute atomic E-state index is 0.0742. The summed E-state index contributed by atoms with van der Waals surface area (Å²) in [6, 6.07) is 2.75. The van der Waals surface area contributed by atoms with Crippen LogP contribution in [-0.4, -0.2) is 11.2 Å². The molecule has 0 bridgehead atoms. The van der Waals surface area contributed by atoms with E-state index in [2.05, 4.69) is 15.5 Å². The van der Waals surface area contributed by atoms with Gasteiger partial charge in [0.25, 0.3) is 0 Å². The average molecular weight is 320 g/mol. The van der Waals surface area contributed by atoms with Crippen LogP contribution in [-0.2, 0) is 6.18 Å². The Morgan fingerprint density at radius 1 is 1.45 bits per heavy atom. The maximum Gasteiger partial charge on any atom is 0.417 e. The van der Waals surface area contributed by atoms with Crippen molar-refractivity contribution in [1.82, 2.24) is 4.98 Å². The van der Waals surface area contributed by atoms with Gasteiger partial charge in [0, 0.05) is 11.1 Å². The molecular weight excluding hydrogens is 311 g/mol. The van der Waals surface area contributed by atoms with Crippen LogP contribution in [0.3, 0.4) is 0 Å². The number of hydrogen-bond acceptors (Lipinski definition) is 4. The van der Waals surface area contributed by atoms with E-state index in [0.29, 0.717) is 6.20 Å². The number of aryl methyl sites for hydroxylation is 1. The second-order valence-electron chi connectivity index (χ2n) is 3.89. The molecule has 2 aromatic heterocycles. The van der Waals surface area contributed by atoms with E-state index in [1.807, 2.05) is 18.4 Å². The van der Waals surface area contributed by atoms with Crippen LogP contribution in [0.4, 0.5) is 19.0 Å². The SMILES string of the molecule is Cc1ccsc1/C=N\Nc1ncc(C(F)(F)F)cc1Cl. The highest BCUT2D eigenvalue weighted by atomic mass is 35.5. The molecule has 2 heterocycles. The molecule has 0 atom stereocenters. The molecule has 2 aromatic rings. The minimum atomic E-state index is -4.47. The summed E-state index contributed by atoms with van der Waals surface area (Å²) in [4.78, 5) is 4.56. The number of nitrogens with one attached hydrogen (secondary N) is 1. The molecule has 0 fully saturated rings. The lowest BCUT2D eigenvalue weighted by molar-refractivity contribution is -0.137. The zero-order valence-corrected chi connectivity index (χ0v) is 11.8. The quantitative estimate of drug-likeness (QED) is 0.664. The van der Waals surface area contributed by atoms with Crippen molar-refractivity contribution in [3.8, 4) is 0 Å². The van der Waals surface area contributed by atoms with Crippen molar-refractivity contribution in [3.63, 3.8) is 0 Å². The molecule has 0 aliphatic carbocycles. The first-order chi connectivity index (χ1) is 9.38. The van der Waals surface area contributed by atoms with Crippen molar-refractivity contribution in [2.75, 3.05) is 5.43 Å². The number of nitrogens with zero attached hydrogens (tertiary/aromatic N) is 2. The number of hydrazone groups is 1. The third kappa shape index (κ3) is 3.49. The molecule has 0 aliphatic rings. The van der Waals surface area contributed by atoms with Crippen LogP contribution in [0.5, 0.6) is 0 Å². The zero-order valence-electron chi connectivity index (χ0n) is 10.2. The van der Waals surface area contributed by atoms with Gasteiger partial charge in [0.05, 0.1) is 16.8 Å². The topological polar surface area (TPSA) is 37.3 Å². The number of thiophene rings is 1. The molecule has 106 valence electrons. The molecule has 0 saturated heterocycles. The van der Waals surface area contributed by atoms with Crippen molar-refractivity contribution in [2.24, 2.45) is 5.10 Å². The summed E-state index contributed by atoms with van der Waals surface area (Å²) >= 11 is 7.23. The molecule has 8 heteroatoms. The van der Waals surface area contributed by atoms with Crippen LogP contribution >= 0.6 is 22.9 Å². The second-order valence-corrected chi connectivity index (χ2v) is 5.24. The molecule has 2 rings (SSSR count). The molecule has 0 aliphatic heterocycles. The van der Waals surface area contributed by atoms with Crippen LogP contribution in [0.1, 0.15) is 16.0 Å². The normalized spacial score (nSPS) is 12.1. The van der Waals surface area contributed by atoms with Gasteiger partial charge in [-0.25, -0.2) is 4.98 Å². The number of alkyl halides is 3. The van der Waals surface area contributed by atoms with E-state index in [0.717, 1.165) is 16.5 Å². The number of anilines is 1. The molecule has 0 radical (unpaired) electrons. The van der Waals surface area contributed by atoms with E-state index in [1.54, 1.807) is 6.21 Å². The van der Waals surface area contributed by atoms with Crippen LogP contribution < -0.4 is 5.43 Å². The van der Waals surface area contributed by atoms with E-state index >= 15 is 0 Å². The second kappa shape index (κ2) is 5.80. The van der Waals surface area contributed by atoms with Crippen LogP contribution in [0.2, 0.25) is 5.02 Å². The largest absolute Gasteiger partial charge is 0.417 e. The molecule has 0 amide bonds. The summed E-state index contributed by atoms with van der Waals surface area (Å²) in [5, 5.41) is 5.68. The average Bonchev–Trinajstić information content (AvgIpc) is 2.76. The lowest BCUT2D eigenvalue weighted by atomic mass is 10.3. The Labute approximate surface area is 122 Å². The van der Waals surface area contributed by atoms with Crippen molar-refractivity contribution < 1.29 is 13.2 Å². The number of pyridine rings is 1. The Hall–Kier alpha value is -1.60. The maximum atomic E-state index is 12.4. The highest BCUT2D eigenvalue weighted by Crippen LogP contribution is 2.32. The monoisotopic (exact) mass is 319 g/mol. The number of aromatic nitrogens is 1. The molecule has 0 saturated carbocycles. The van der Waals surface area contributed by atoms with E-state index in [-0.39, 0.29) is 10.8 Å². The fourth-order valence-electron chi connectivity index (χ4n) is 1.34. The smallest absolute Gasteiger partial charge is 0.260 e. The van der Waals surface area contributed by atoms with Gasteiger partial charge in [0.1, 0.15) is 0 Å². The van der Waals surface area contributed by atoms with Crippen molar-refractivity contribution in [3.05, 3.63) is 44.7 Å².